The van der Waals surface area contributed by atoms with Crippen molar-refractivity contribution in [3.05, 3.63) is 65.7 Å². The lowest BCUT2D eigenvalue weighted by Gasteiger charge is -2.37. The first kappa shape index (κ1) is 23.0. The molecule has 32 heavy (non-hydrogen) atoms. The van der Waals surface area contributed by atoms with Gasteiger partial charge in [-0.2, -0.15) is 4.31 Å². The Morgan fingerprint density at radius 3 is 2.12 bits per heavy atom. The molecule has 0 bridgehead atoms. The smallest absolute Gasteiger partial charge is 0.243 e. The van der Waals surface area contributed by atoms with E-state index >= 15 is 0 Å². The number of benzene rings is 2. The minimum Gasteiger partial charge on any atom is -0.342 e. The summed E-state index contributed by atoms with van der Waals surface area (Å²) in [5.74, 6) is 0.846. The summed E-state index contributed by atoms with van der Waals surface area (Å²) in [7, 11) is -3.47. The molecule has 2 saturated heterocycles. The second-order valence-electron chi connectivity index (χ2n) is 9.28. The number of rotatable bonds is 6. The van der Waals surface area contributed by atoms with Crippen molar-refractivity contribution in [1.82, 2.24) is 9.21 Å². The van der Waals surface area contributed by atoms with Gasteiger partial charge in [0.25, 0.3) is 0 Å². The topological polar surface area (TPSA) is 57.7 Å². The lowest BCUT2D eigenvalue weighted by Crippen LogP contribution is -2.46. The number of carbonyl (C=O) groups is 1. The predicted molar refractivity (Wildman–Crippen MR) is 127 cm³/mol. The van der Waals surface area contributed by atoms with Crippen LogP contribution in [0.3, 0.4) is 0 Å². The molecule has 0 atom stereocenters. The maximum atomic E-state index is 13.1. The molecular weight excluding hydrogens is 420 g/mol. The van der Waals surface area contributed by atoms with Crippen molar-refractivity contribution in [2.24, 2.45) is 11.8 Å². The molecule has 2 aromatic carbocycles. The van der Waals surface area contributed by atoms with Crippen LogP contribution >= 0.6 is 0 Å². The third kappa shape index (κ3) is 5.41. The van der Waals surface area contributed by atoms with Gasteiger partial charge in [0.1, 0.15) is 0 Å². The van der Waals surface area contributed by atoms with Gasteiger partial charge in [0.05, 0.1) is 4.90 Å². The summed E-state index contributed by atoms with van der Waals surface area (Å²) in [4.78, 5) is 15.4. The maximum Gasteiger partial charge on any atom is 0.243 e. The Hall–Kier alpha value is -2.18. The number of amides is 1. The number of likely N-dealkylation sites (tertiary alicyclic amines) is 1. The van der Waals surface area contributed by atoms with Gasteiger partial charge < -0.3 is 4.90 Å². The number of hydrogen-bond donors (Lipinski definition) is 0. The van der Waals surface area contributed by atoms with E-state index < -0.39 is 10.0 Å². The molecule has 0 spiro atoms. The second kappa shape index (κ2) is 10.2. The largest absolute Gasteiger partial charge is 0.342 e. The van der Waals surface area contributed by atoms with Gasteiger partial charge in [-0.25, -0.2) is 8.42 Å². The number of piperidine rings is 2. The molecule has 2 heterocycles. The first-order valence-corrected chi connectivity index (χ1v) is 13.3. The molecule has 0 N–H and O–H groups in total. The molecule has 2 aliphatic rings. The summed E-state index contributed by atoms with van der Waals surface area (Å²) < 4.78 is 27.2. The van der Waals surface area contributed by atoms with E-state index in [2.05, 4.69) is 31.2 Å². The molecule has 0 saturated carbocycles. The van der Waals surface area contributed by atoms with E-state index in [1.807, 2.05) is 11.0 Å². The Balaban J connectivity index is 1.22. The first-order valence-electron chi connectivity index (χ1n) is 11.8. The van der Waals surface area contributed by atoms with Gasteiger partial charge in [0.15, 0.2) is 0 Å². The summed E-state index contributed by atoms with van der Waals surface area (Å²) in [5.41, 5.74) is 2.69. The van der Waals surface area contributed by atoms with Crippen LogP contribution in [0, 0.1) is 18.8 Å². The van der Waals surface area contributed by atoms with Gasteiger partial charge in [-0.05, 0) is 69.1 Å². The van der Waals surface area contributed by atoms with Gasteiger partial charge >= 0.3 is 0 Å². The minimum absolute atomic E-state index is 0.0543. The van der Waals surface area contributed by atoms with Crippen molar-refractivity contribution in [3.8, 4) is 0 Å². The Morgan fingerprint density at radius 1 is 0.875 bits per heavy atom. The van der Waals surface area contributed by atoms with Crippen LogP contribution in [-0.4, -0.2) is 49.7 Å². The Bertz CT molecular complexity index is 989. The molecule has 5 nitrogen and oxygen atoms in total. The highest BCUT2D eigenvalue weighted by Crippen LogP contribution is 2.28. The normalized spacial score (nSPS) is 19.2. The highest BCUT2D eigenvalue weighted by atomic mass is 32.2. The molecule has 0 unspecified atom stereocenters. The summed E-state index contributed by atoms with van der Waals surface area (Å²) in [6.07, 6.45) is 5.64. The van der Waals surface area contributed by atoms with E-state index in [9.17, 15) is 13.2 Å². The van der Waals surface area contributed by atoms with Crippen LogP contribution in [0.2, 0.25) is 0 Å². The van der Waals surface area contributed by atoms with Crippen molar-refractivity contribution < 1.29 is 13.2 Å². The van der Waals surface area contributed by atoms with E-state index in [4.69, 9.17) is 0 Å². The monoisotopic (exact) mass is 454 g/mol. The van der Waals surface area contributed by atoms with Crippen molar-refractivity contribution in [1.29, 1.82) is 0 Å². The lowest BCUT2D eigenvalue weighted by atomic mass is 9.89. The van der Waals surface area contributed by atoms with Gasteiger partial charge in [0.2, 0.25) is 15.9 Å². The van der Waals surface area contributed by atoms with Crippen molar-refractivity contribution >= 4 is 15.9 Å². The SMILES string of the molecule is Cc1ccc(CCC2CCN(C(=O)C3CCN(S(=O)(=O)c4ccccc4)CC3)CC2)cc1. The Kier molecular flexibility index (Phi) is 7.31. The average molecular weight is 455 g/mol. The third-order valence-corrected chi connectivity index (χ3v) is 8.99. The van der Waals surface area contributed by atoms with Crippen molar-refractivity contribution in [3.63, 3.8) is 0 Å². The first-order chi connectivity index (χ1) is 15.4. The fourth-order valence-corrected chi connectivity index (χ4v) is 6.40. The summed E-state index contributed by atoms with van der Waals surface area (Å²) in [6.45, 7) is 4.61. The molecule has 0 radical (unpaired) electrons. The van der Waals surface area contributed by atoms with E-state index in [-0.39, 0.29) is 11.8 Å². The second-order valence-corrected chi connectivity index (χ2v) is 11.2. The number of nitrogens with zero attached hydrogens (tertiary/aromatic N) is 2. The van der Waals surface area contributed by atoms with Crippen LogP contribution in [0.15, 0.2) is 59.5 Å². The van der Waals surface area contributed by atoms with Crippen LogP contribution in [0.5, 0.6) is 0 Å². The Morgan fingerprint density at radius 2 is 1.50 bits per heavy atom. The van der Waals surface area contributed by atoms with Gasteiger partial charge in [-0.3, -0.25) is 4.79 Å². The van der Waals surface area contributed by atoms with Crippen LogP contribution in [0.4, 0.5) is 0 Å². The lowest BCUT2D eigenvalue weighted by molar-refractivity contribution is -0.138. The number of aryl methyl sites for hydroxylation is 2. The van der Waals surface area contributed by atoms with Crippen LogP contribution in [-0.2, 0) is 21.2 Å². The average Bonchev–Trinajstić information content (AvgIpc) is 2.84. The summed E-state index contributed by atoms with van der Waals surface area (Å²) in [5, 5.41) is 0. The zero-order valence-electron chi connectivity index (χ0n) is 18.9. The highest BCUT2D eigenvalue weighted by molar-refractivity contribution is 7.89. The molecule has 0 aromatic heterocycles. The molecule has 2 aromatic rings. The minimum atomic E-state index is -3.47. The number of sulfonamides is 1. The fourth-order valence-electron chi connectivity index (χ4n) is 4.91. The molecule has 172 valence electrons. The van der Waals surface area contributed by atoms with Gasteiger partial charge in [0, 0.05) is 32.1 Å². The summed E-state index contributed by atoms with van der Waals surface area (Å²) >= 11 is 0. The Labute approximate surface area is 192 Å². The summed E-state index contributed by atoms with van der Waals surface area (Å²) in [6, 6.07) is 17.4. The van der Waals surface area contributed by atoms with Crippen LogP contribution < -0.4 is 0 Å². The molecule has 6 heteroatoms. The zero-order valence-corrected chi connectivity index (χ0v) is 19.8. The highest BCUT2D eigenvalue weighted by Gasteiger charge is 2.34. The number of hydrogen-bond acceptors (Lipinski definition) is 3. The molecule has 0 aliphatic carbocycles. The third-order valence-electron chi connectivity index (χ3n) is 7.07. The van der Waals surface area contributed by atoms with E-state index in [0.717, 1.165) is 32.4 Å². The molecule has 2 fully saturated rings. The quantitative estimate of drug-likeness (QED) is 0.655. The van der Waals surface area contributed by atoms with Gasteiger partial charge in [-0.15, -0.1) is 0 Å². The predicted octanol–water partition coefficient (Wildman–Crippen LogP) is 4.27. The molecule has 4 rings (SSSR count). The molecule has 2 aliphatic heterocycles. The van der Waals surface area contributed by atoms with Crippen molar-refractivity contribution in [2.45, 2.75) is 50.3 Å². The van der Waals surface area contributed by atoms with E-state index in [1.54, 1.807) is 24.3 Å². The van der Waals surface area contributed by atoms with Crippen LogP contribution in [0.25, 0.3) is 0 Å². The van der Waals surface area contributed by atoms with Gasteiger partial charge in [-0.1, -0.05) is 48.0 Å². The molecule has 1 amide bonds. The van der Waals surface area contributed by atoms with E-state index in [0.29, 0.717) is 36.7 Å². The maximum absolute atomic E-state index is 13.1. The van der Waals surface area contributed by atoms with E-state index in [1.165, 1.54) is 21.9 Å². The zero-order chi connectivity index (χ0) is 22.6. The molecular formula is C26H34N2O3S. The standard InChI is InChI=1S/C26H34N2O3S/c1-21-7-9-22(10-8-21)11-12-23-13-17-27(18-14-23)26(29)24-15-19-28(20-16-24)32(30,31)25-5-3-2-4-6-25/h2-10,23-24H,11-20H2,1H3. The van der Waals surface area contributed by atoms with Crippen molar-refractivity contribution in [2.75, 3.05) is 26.2 Å². The fraction of sp³-hybridized carbons (Fsp3) is 0.500. The number of carbonyl (C=O) groups excluding carboxylic acids is 1. The van der Waals surface area contributed by atoms with Crippen LogP contribution in [0.1, 0.15) is 43.2 Å².